The van der Waals surface area contributed by atoms with Gasteiger partial charge in [0.25, 0.3) is 0 Å². The Morgan fingerprint density at radius 2 is 0.978 bits per heavy atom. The Morgan fingerprint density at radius 1 is 0.511 bits per heavy atom. The van der Waals surface area contributed by atoms with Crippen molar-refractivity contribution in [1.82, 2.24) is 14.7 Å². The number of phenols is 3. The third kappa shape index (κ3) is 18.9. The van der Waals surface area contributed by atoms with Crippen LogP contribution in [-0.2, 0) is 19.6 Å². The molecule has 2 heterocycles. The Bertz CT molecular complexity index is 3620. The Hall–Kier alpha value is -7.72. The highest BCUT2D eigenvalue weighted by molar-refractivity contribution is 6.34. The van der Waals surface area contributed by atoms with Gasteiger partial charge in [-0.15, -0.1) is 0 Å². The molecule has 0 radical (unpaired) electrons. The number of aromatic hydroxyl groups is 3. The quantitative estimate of drug-likeness (QED) is 0.0566. The molecule has 9 aromatic rings. The predicted molar refractivity (Wildman–Crippen MR) is 365 cm³/mol. The number of hydrogen-bond acceptors (Lipinski definition) is 10. The molecule has 474 valence electrons. The second-order valence-electron chi connectivity index (χ2n) is 22.6. The molecule has 9 aromatic carbocycles. The first-order valence-corrected chi connectivity index (χ1v) is 30.6. The fourth-order valence-electron chi connectivity index (χ4n) is 11.5. The number of halogens is 6. The lowest BCUT2D eigenvalue weighted by atomic mass is 9.97. The van der Waals surface area contributed by atoms with Gasteiger partial charge in [-0.25, -0.2) is 13.2 Å². The van der Waals surface area contributed by atoms with Crippen molar-refractivity contribution in [3.8, 4) is 17.2 Å². The first-order valence-electron chi connectivity index (χ1n) is 29.4. The van der Waals surface area contributed by atoms with E-state index in [2.05, 4.69) is 92.2 Å². The van der Waals surface area contributed by atoms with Crippen LogP contribution < -0.4 is 15.1 Å². The van der Waals surface area contributed by atoms with Crippen molar-refractivity contribution in [3.05, 3.63) is 284 Å². The zero-order valence-electron chi connectivity index (χ0n) is 49.4. The van der Waals surface area contributed by atoms with Gasteiger partial charge in [-0.3, -0.25) is 14.7 Å². The molecule has 0 aromatic heterocycles. The molecular weight excluding hydrogens is 1200 g/mol. The number of hydrogen-bond donors (Lipinski definition) is 5. The highest BCUT2D eigenvalue weighted by Gasteiger charge is 2.36. The summed E-state index contributed by atoms with van der Waals surface area (Å²) < 4.78 is 40.6. The molecule has 2 aliphatic rings. The lowest BCUT2D eigenvalue weighted by Gasteiger charge is -2.47. The summed E-state index contributed by atoms with van der Waals surface area (Å²) in [6, 6.07) is 65.8. The van der Waals surface area contributed by atoms with Crippen LogP contribution in [0.4, 0.5) is 30.2 Å². The molecule has 2 aliphatic heterocycles. The largest absolute Gasteiger partial charge is 0.508 e. The Balaban J connectivity index is 0.000000190. The lowest BCUT2D eigenvalue weighted by molar-refractivity contribution is 0.123. The number of anilines is 3. The van der Waals surface area contributed by atoms with E-state index in [9.17, 15) is 33.6 Å². The van der Waals surface area contributed by atoms with Crippen molar-refractivity contribution < 1.29 is 33.6 Å². The molecule has 6 atom stereocenters. The van der Waals surface area contributed by atoms with Gasteiger partial charge >= 0.3 is 0 Å². The minimum atomic E-state index is -0.301. The van der Waals surface area contributed by atoms with Gasteiger partial charge < -0.3 is 35.5 Å². The molecule has 5 N–H and O–H groups in total. The highest BCUT2D eigenvalue weighted by Crippen LogP contribution is 2.41. The maximum absolute atomic E-state index is 13.6. The molecule has 0 aliphatic carbocycles. The van der Waals surface area contributed by atoms with E-state index in [0.717, 1.165) is 72.9 Å². The van der Waals surface area contributed by atoms with E-state index in [-0.39, 0.29) is 86.4 Å². The van der Waals surface area contributed by atoms with E-state index in [4.69, 9.17) is 34.8 Å². The molecule has 0 amide bonds. The zero-order chi connectivity index (χ0) is 62.3. The molecule has 0 spiro atoms. The third-order valence-corrected chi connectivity index (χ3v) is 17.1. The number of nitrogens with one attached hydrogen (secondary N) is 1. The van der Waals surface area contributed by atoms with Gasteiger partial charge in [0.1, 0.15) is 34.7 Å². The normalized spacial score (nSPS) is 17.3. The van der Waals surface area contributed by atoms with Gasteiger partial charge in [0.05, 0.1) is 56.9 Å². The van der Waals surface area contributed by atoms with Crippen LogP contribution in [0.5, 0.6) is 17.2 Å². The zero-order valence-corrected chi connectivity index (χ0v) is 51.7. The molecular formula is C74H82Cl3F3N6O4. The summed E-state index contributed by atoms with van der Waals surface area (Å²) in [7, 11) is 0. The van der Waals surface area contributed by atoms with E-state index >= 15 is 0 Å². The number of aliphatic hydroxyl groups is 1. The number of aliphatic hydroxyl groups excluding tert-OH is 1. The average molecular weight is 1280 g/mol. The summed E-state index contributed by atoms with van der Waals surface area (Å²) in [5.74, 6) is -0.407. The fraction of sp³-hybridized carbons (Fsp3) is 0.270. The van der Waals surface area contributed by atoms with Crippen molar-refractivity contribution in [2.75, 3.05) is 54.4 Å². The molecule has 0 unspecified atom stereocenters. The SMILES string of the molecule is C.C.C[C@@H]1CN(Cc2ccccc2)C[C@@H](c2ccc(F)cc2)N1c1ccc(O)cc1Cl.C[C@@H]1CN(c2ccc(O)cc2Cl)[C@H](c2ccc(F)cc2)CN1Cc1ccccc1.C[C@H](CO)N(Cc1ccccc1)C[C@H](Nc1ccc(O)cc1Cl)c1ccc(F)cc1. The molecule has 0 bridgehead atoms. The standard InChI is InChI=1S/C24H26ClFN2O2.2C24H24ClFN2O.2CH4/c1-17(16-29)28(14-18-5-3-2-4-6-18)15-24(19-7-9-20(26)10-8-19)27-23-12-11-21(30)13-22(23)25;1-17-14-28(23-12-11-21(29)13-22(23)25)24(19-7-9-20(26)10-8-19)16-27(17)15-18-5-3-2-4-6-18;1-17-14-27(15-18-5-3-2-4-6-18)16-24(19-7-9-20(26)10-8-19)28(17)23-12-11-21(29)13-22(23)25;;/h2-13,17,24,27,29-30H,14-16H2,1H3;2*2-13,17,24,29H,14-16H2,1H3;2*1H4/t3*17-,24+;;/m111../s1. The summed E-state index contributed by atoms with van der Waals surface area (Å²) in [5, 5.41) is 43.8. The Kier molecular flexibility index (Phi) is 25.9. The summed E-state index contributed by atoms with van der Waals surface area (Å²) >= 11 is 19.3. The average Bonchev–Trinajstić information content (AvgIpc) is 0.949. The lowest BCUT2D eigenvalue weighted by Crippen LogP contribution is -2.53. The summed E-state index contributed by atoms with van der Waals surface area (Å²) in [6.07, 6.45) is 0. The van der Waals surface area contributed by atoms with Gasteiger partial charge in [0.15, 0.2) is 0 Å². The predicted octanol–water partition coefficient (Wildman–Crippen LogP) is 17.8. The van der Waals surface area contributed by atoms with Gasteiger partial charge in [-0.2, -0.15) is 0 Å². The first-order chi connectivity index (χ1) is 42.5. The van der Waals surface area contributed by atoms with Crippen molar-refractivity contribution in [1.29, 1.82) is 0 Å². The minimum Gasteiger partial charge on any atom is -0.508 e. The Morgan fingerprint density at radius 3 is 1.49 bits per heavy atom. The Labute approximate surface area is 544 Å². The smallest absolute Gasteiger partial charge is 0.123 e. The van der Waals surface area contributed by atoms with E-state index in [0.29, 0.717) is 39.9 Å². The number of phenolic OH excluding ortho intramolecular Hbond substituents is 3. The van der Waals surface area contributed by atoms with Crippen LogP contribution in [0.15, 0.2) is 218 Å². The van der Waals surface area contributed by atoms with Gasteiger partial charge in [0, 0.05) is 88.7 Å². The van der Waals surface area contributed by atoms with E-state index < -0.39 is 0 Å². The molecule has 16 heteroatoms. The monoisotopic (exact) mass is 1280 g/mol. The van der Waals surface area contributed by atoms with Gasteiger partial charge in [-0.1, -0.05) is 177 Å². The topological polar surface area (TPSA) is 109 Å². The van der Waals surface area contributed by atoms with Crippen molar-refractivity contribution >= 4 is 51.9 Å². The summed E-state index contributed by atoms with van der Waals surface area (Å²) in [6.45, 7) is 12.6. The highest BCUT2D eigenvalue weighted by atomic mass is 35.5. The van der Waals surface area contributed by atoms with Crippen LogP contribution in [-0.4, -0.2) is 92.6 Å². The van der Waals surface area contributed by atoms with Crippen LogP contribution in [0, 0.1) is 17.5 Å². The third-order valence-electron chi connectivity index (χ3n) is 16.2. The number of rotatable bonds is 17. The van der Waals surface area contributed by atoms with Crippen molar-refractivity contribution in [3.63, 3.8) is 0 Å². The van der Waals surface area contributed by atoms with Crippen LogP contribution in [0.1, 0.15) is 87.1 Å². The van der Waals surface area contributed by atoms with Crippen LogP contribution >= 0.6 is 34.8 Å². The fourth-order valence-corrected chi connectivity index (χ4v) is 12.3. The van der Waals surface area contributed by atoms with E-state index in [1.807, 2.05) is 85.8 Å². The minimum absolute atomic E-state index is 0. The molecule has 90 heavy (non-hydrogen) atoms. The van der Waals surface area contributed by atoms with Crippen molar-refractivity contribution in [2.24, 2.45) is 0 Å². The van der Waals surface area contributed by atoms with Gasteiger partial charge in [0.2, 0.25) is 0 Å². The molecule has 10 nitrogen and oxygen atoms in total. The molecule has 2 saturated heterocycles. The summed E-state index contributed by atoms with van der Waals surface area (Å²) in [4.78, 5) is 11.6. The second-order valence-corrected chi connectivity index (χ2v) is 23.8. The van der Waals surface area contributed by atoms with Crippen LogP contribution in [0.3, 0.4) is 0 Å². The molecule has 11 rings (SSSR count). The number of nitrogens with zero attached hydrogens (tertiary/aromatic N) is 5. The van der Waals surface area contributed by atoms with E-state index in [1.165, 1.54) is 53.6 Å². The maximum Gasteiger partial charge on any atom is 0.123 e. The van der Waals surface area contributed by atoms with Gasteiger partial charge in [-0.05, 0) is 127 Å². The van der Waals surface area contributed by atoms with Crippen LogP contribution in [0.2, 0.25) is 15.1 Å². The van der Waals surface area contributed by atoms with Crippen LogP contribution in [0.25, 0.3) is 0 Å². The second kappa shape index (κ2) is 33.4. The molecule has 0 saturated carbocycles. The maximum atomic E-state index is 13.6. The van der Waals surface area contributed by atoms with Crippen molar-refractivity contribution in [2.45, 2.75) is 91.5 Å². The van der Waals surface area contributed by atoms with E-state index in [1.54, 1.807) is 48.5 Å². The summed E-state index contributed by atoms with van der Waals surface area (Å²) in [5.41, 5.74) is 9.08. The number of piperazine rings is 2. The first kappa shape index (κ1) is 69.7. The molecule has 2 fully saturated rings. The number of benzene rings is 9.